The first kappa shape index (κ1) is 12.0. The molecule has 0 aliphatic heterocycles. The average Bonchev–Trinajstić information content (AvgIpc) is 2.86. The number of carbonyl (C=O) groups is 2. The molecule has 0 aromatic carbocycles. The van der Waals surface area contributed by atoms with E-state index in [2.05, 4.69) is 5.32 Å². The largest absolute Gasteiger partial charge is 0.480 e. The number of nitrogens with two attached hydrogens (primary N) is 1. The van der Waals surface area contributed by atoms with Crippen LogP contribution in [-0.2, 0) is 9.59 Å². The number of rotatable bonds is 6. The lowest BCUT2D eigenvalue weighted by atomic mass is 10.0. The van der Waals surface area contributed by atoms with Crippen LogP contribution in [0.2, 0.25) is 0 Å². The van der Waals surface area contributed by atoms with E-state index in [1.807, 2.05) is 13.8 Å². The van der Waals surface area contributed by atoms with E-state index in [0.717, 1.165) is 12.8 Å². The van der Waals surface area contributed by atoms with Gasteiger partial charge in [-0.25, -0.2) is 0 Å². The van der Waals surface area contributed by atoms with Crippen molar-refractivity contribution in [3.8, 4) is 0 Å². The molecule has 15 heavy (non-hydrogen) atoms. The Morgan fingerprint density at radius 3 is 2.20 bits per heavy atom. The first-order valence-corrected chi connectivity index (χ1v) is 5.21. The topological polar surface area (TPSA) is 92.4 Å². The smallest absolute Gasteiger partial charge is 0.321 e. The van der Waals surface area contributed by atoms with Crippen molar-refractivity contribution in [1.29, 1.82) is 0 Å². The molecule has 0 aromatic heterocycles. The van der Waals surface area contributed by atoms with E-state index in [-0.39, 0.29) is 11.8 Å². The first-order chi connectivity index (χ1) is 6.93. The number of hydrogen-bond donors (Lipinski definition) is 3. The molecule has 0 heterocycles. The van der Waals surface area contributed by atoms with Gasteiger partial charge in [0.15, 0.2) is 0 Å². The summed E-state index contributed by atoms with van der Waals surface area (Å²) in [5.41, 5.74) is 5.21. The minimum absolute atomic E-state index is 0.00287. The molecular formula is C10H18N2O3. The molecule has 1 aliphatic carbocycles. The summed E-state index contributed by atoms with van der Waals surface area (Å²) in [5.74, 6) is -1.23. The van der Waals surface area contributed by atoms with Gasteiger partial charge in [0.05, 0.1) is 6.04 Å². The molecule has 0 bridgehead atoms. The van der Waals surface area contributed by atoms with Gasteiger partial charge < -0.3 is 10.8 Å². The monoisotopic (exact) mass is 214 g/mol. The van der Waals surface area contributed by atoms with Crippen molar-refractivity contribution in [1.82, 2.24) is 5.32 Å². The Balaban J connectivity index is 2.61. The molecule has 1 amide bonds. The molecule has 0 saturated heterocycles. The highest BCUT2D eigenvalue weighted by molar-refractivity contribution is 5.82. The lowest BCUT2D eigenvalue weighted by Gasteiger charge is -2.23. The number of aliphatic carboxylic acids is 1. The van der Waals surface area contributed by atoms with E-state index < -0.39 is 24.0 Å². The molecule has 1 rings (SSSR count). The Morgan fingerprint density at radius 2 is 1.93 bits per heavy atom. The van der Waals surface area contributed by atoms with E-state index in [0.29, 0.717) is 0 Å². The minimum atomic E-state index is -0.899. The van der Waals surface area contributed by atoms with Gasteiger partial charge in [-0.3, -0.25) is 14.9 Å². The summed E-state index contributed by atoms with van der Waals surface area (Å²) >= 11 is 0. The zero-order chi connectivity index (χ0) is 11.6. The Morgan fingerprint density at radius 1 is 1.40 bits per heavy atom. The summed E-state index contributed by atoms with van der Waals surface area (Å²) in [5, 5.41) is 11.8. The van der Waals surface area contributed by atoms with Gasteiger partial charge in [-0.05, 0) is 24.7 Å². The zero-order valence-corrected chi connectivity index (χ0v) is 9.06. The Hall–Kier alpha value is -1.10. The summed E-state index contributed by atoms with van der Waals surface area (Å²) in [6.07, 6.45) is 1.82. The fraction of sp³-hybridized carbons (Fsp3) is 0.800. The van der Waals surface area contributed by atoms with Crippen molar-refractivity contribution in [2.24, 2.45) is 17.6 Å². The van der Waals surface area contributed by atoms with Gasteiger partial charge in [-0.15, -0.1) is 0 Å². The molecule has 5 nitrogen and oxygen atoms in total. The standard InChI is InChI=1S/C10H18N2O3/c1-5(2)7(9(11)13)12-8(10(14)15)6-3-4-6/h5-8,12H,3-4H2,1-2H3,(H2,11,13)(H,14,15). The number of primary amides is 1. The fourth-order valence-electron chi connectivity index (χ4n) is 1.64. The maximum absolute atomic E-state index is 11.1. The Bertz CT molecular complexity index is 243. The molecular weight excluding hydrogens is 196 g/mol. The highest BCUT2D eigenvalue weighted by Gasteiger charge is 2.38. The average molecular weight is 214 g/mol. The highest BCUT2D eigenvalue weighted by atomic mass is 16.4. The van der Waals surface area contributed by atoms with E-state index in [1.165, 1.54) is 0 Å². The predicted molar refractivity (Wildman–Crippen MR) is 55.1 cm³/mol. The molecule has 1 saturated carbocycles. The summed E-state index contributed by atoms with van der Waals surface area (Å²) < 4.78 is 0. The second-order valence-electron chi connectivity index (χ2n) is 4.44. The number of hydrogen-bond acceptors (Lipinski definition) is 3. The number of carboxylic acids is 1. The lowest BCUT2D eigenvalue weighted by molar-refractivity contribution is -0.140. The molecule has 1 fully saturated rings. The van der Waals surface area contributed by atoms with Crippen molar-refractivity contribution in [2.45, 2.75) is 38.8 Å². The number of amides is 1. The third-order valence-corrected chi connectivity index (χ3v) is 2.69. The zero-order valence-electron chi connectivity index (χ0n) is 9.06. The van der Waals surface area contributed by atoms with E-state index in [1.54, 1.807) is 0 Å². The second-order valence-corrected chi connectivity index (χ2v) is 4.44. The van der Waals surface area contributed by atoms with Gasteiger partial charge >= 0.3 is 5.97 Å². The molecule has 0 spiro atoms. The molecule has 1 aliphatic rings. The van der Waals surface area contributed by atoms with Crippen LogP contribution in [0.3, 0.4) is 0 Å². The SMILES string of the molecule is CC(C)C(NC(C(=O)O)C1CC1)C(N)=O. The van der Waals surface area contributed by atoms with Crippen LogP contribution in [0.15, 0.2) is 0 Å². The van der Waals surface area contributed by atoms with Crippen molar-refractivity contribution in [3.63, 3.8) is 0 Å². The van der Waals surface area contributed by atoms with Crippen molar-refractivity contribution >= 4 is 11.9 Å². The van der Waals surface area contributed by atoms with Gasteiger partial charge in [0.2, 0.25) is 5.91 Å². The summed E-state index contributed by atoms with van der Waals surface area (Å²) in [6.45, 7) is 3.68. The molecule has 2 unspecified atom stereocenters. The maximum atomic E-state index is 11.1. The highest BCUT2D eigenvalue weighted by Crippen LogP contribution is 2.33. The van der Waals surface area contributed by atoms with Crippen LogP contribution in [0.5, 0.6) is 0 Å². The summed E-state index contributed by atoms with van der Waals surface area (Å²) in [7, 11) is 0. The normalized spacial score (nSPS) is 19.9. The van der Waals surface area contributed by atoms with E-state index in [9.17, 15) is 9.59 Å². The lowest BCUT2D eigenvalue weighted by Crippen LogP contribution is -2.52. The summed E-state index contributed by atoms with van der Waals surface area (Å²) in [4.78, 5) is 22.1. The molecule has 0 aromatic rings. The Labute approximate surface area is 89.0 Å². The van der Waals surface area contributed by atoms with Crippen molar-refractivity contribution < 1.29 is 14.7 Å². The third kappa shape index (κ3) is 3.20. The Kier molecular flexibility index (Phi) is 3.68. The molecule has 0 radical (unpaired) electrons. The van der Waals surface area contributed by atoms with E-state index in [4.69, 9.17) is 10.8 Å². The fourth-order valence-corrected chi connectivity index (χ4v) is 1.64. The molecule has 5 heteroatoms. The van der Waals surface area contributed by atoms with Crippen molar-refractivity contribution in [2.75, 3.05) is 0 Å². The quantitative estimate of drug-likeness (QED) is 0.578. The van der Waals surface area contributed by atoms with Crippen molar-refractivity contribution in [3.05, 3.63) is 0 Å². The predicted octanol–water partition coefficient (Wildman–Crippen LogP) is -0.0509. The van der Waals surface area contributed by atoms with E-state index >= 15 is 0 Å². The van der Waals surface area contributed by atoms with Gasteiger partial charge in [0.1, 0.15) is 6.04 Å². The number of nitrogens with one attached hydrogen (secondary N) is 1. The maximum Gasteiger partial charge on any atom is 0.321 e. The van der Waals surface area contributed by atoms with Crippen LogP contribution < -0.4 is 11.1 Å². The van der Waals surface area contributed by atoms with Crippen LogP contribution in [0.4, 0.5) is 0 Å². The number of carboxylic acid groups (broad SMARTS) is 1. The third-order valence-electron chi connectivity index (χ3n) is 2.69. The van der Waals surface area contributed by atoms with Crippen LogP contribution >= 0.6 is 0 Å². The van der Waals surface area contributed by atoms with Crippen LogP contribution in [0.1, 0.15) is 26.7 Å². The van der Waals surface area contributed by atoms with Gasteiger partial charge in [0.25, 0.3) is 0 Å². The van der Waals surface area contributed by atoms with Crippen LogP contribution in [0, 0.1) is 11.8 Å². The van der Waals surface area contributed by atoms with Crippen LogP contribution in [0.25, 0.3) is 0 Å². The van der Waals surface area contributed by atoms with Gasteiger partial charge in [-0.1, -0.05) is 13.8 Å². The van der Waals surface area contributed by atoms with Crippen LogP contribution in [-0.4, -0.2) is 29.1 Å². The molecule has 4 N–H and O–H groups in total. The number of carbonyl (C=O) groups excluding carboxylic acids is 1. The molecule has 2 atom stereocenters. The summed E-state index contributed by atoms with van der Waals surface area (Å²) in [6, 6.07) is -1.20. The molecule has 86 valence electrons. The first-order valence-electron chi connectivity index (χ1n) is 5.21. The van der Waals surface area contributed by atoms with Gasteiger partial charge in [-0.2, -0.15) is 0 Å². The minimum Gasteiger partial charge on any atom is -0.480 e. The van der Waals surface area contributed by atoms with Gasteiger partial charge in [0, 0.05) is 0 Å². The second kappa shape index (κ2) is 4.61.